The molecule has 0 radical (unpaired) electrons. The summed E-state index contributed by atoms with van der Waals surface area (Å²) >= 11 is 0. The summed E-state index contributed by atoms with van der Waals surface area (Å²) in [7, 11) is 0.677. The van der Waals surface area contributed by atoms with Crippen molar-refractivity contribution in [2.45, 2.75) is 0 Å². The van der Waals surface area contributed by atoms with Crippen molar-refractivity contribution in [1.29, 1.82) is 0 Å². The van der Waals surface area contributed by atoms with Crippen LogP contribution in [0.4, 0.5) is 4.39 Å². The average molecular weight is 414 g/mol. The summed E-state index contributed by atoms with van der Waals surface area (Å²) in [5.74, 6) is -0.556. The van der Waals surface area contributed by atoms with Gasteiger partial charge in [0, 0.05) is 5.56 Å². The molecular weight excluding hydrogens is 394 g/mol. The van der Waals surface area contributed by atoms with Crippen LogP contribution >= 0.6 is 7.82 Å². The average Bonchev–Trinajstić information content (AvgIpc) is 2.66. The summed E-state index contributed by atoms with van der Waals surface area (Å²) < 4.78 is 50.9. The van der Waals surface area contributed by atoms with E-state index in [1.807, 2.05) is 0 Å². The third kappa shape index (κ3) is 4.95. The minimum Gasteiger partial charge on any atom is -0.493 e. The highest BCUT2D eigenvalue weighted by Gasteiger charge is 2.24. The number of methoxy groups -OCH3 is 4. The van der Waals surface area contributed by atoms with E-state index in [4.69, 9.17) is 28.7 Å². The molecule has 2 aromatic rings. The first-order valence-corrected chi connectivity index (χ1v) is 9.36. The van der Waals surface area contributed by atoms with E-state index < -0.39 is 19.4 Å². The number of phosphoric acid groups is 1. The van der Waals surface area contributed by atoms with Gasteiger partial charge in [0.25, 0.3) is 0 Å². The summed E-state index contributed by atoms with van der Waals surface area (Å²) in [6.45, 7) is 0. The van der Waals surface area contributed by atoms with Crippen LogP contribution in [0.25, 0.3) is 12.2 Å². The number of benzene rings is 2. The highest BCUT2D eigenvalue weighted by atomic mass is 31.2. The van der Waals surface area contributed by atoms with E-state index in [0.29, 0.717) is 22.8 Å². The van der Waals surface area contributed by atoms with Crippen LogP contribution in [0.3, 0.4) is 0 Å². The van der Waals surface area contributed by atoms with Crippen LogP contribution in [0.5, 0.6) is 28.7 Å². The predicted molar refractivity (Wildman–Crippen MR) is 101 cm³/mol. The number of hydrogen-bond acceptors (Lipinski definition) is 6. The lowest BCUT2D eigenvalue weighted by Gasteiger charge is -2.14. The topological polar surface area (TPSA) is 104 Å². The van der Waals surface area contributed by atoms with Gasteiger partial charge in [-0.25, -0.2) is 8.96 Å². The Morgan fingerprint density at radius 3 is 1.89 bits per heavy atom. The Hall–Kier alpha value is -2.74. The fourth-order valence-electron chi connectivity index (χ4n) is 2.43. The molecule has 10 heteroatoms. The number of hydrogen-bond donors (Lipinski definition) is 2. The van der Waals surface area contributed by atoms with Crippen molar-refractivity contribution in [2.24, 2.45) is 0 Å². The molecule has 0 saturated heterocycles. The summed E-state index contributed by atoms with van der Waals surface area (Å²) in [4.78, 5) is 18.0. The first-order chi connectivity index (χ1) is 13.2. The molecular formula is C18H20FO8P. The van der Waals surface area contributed by atoms with E-state index in [-0.39, 0.29) is 11.3 Å². The molecule has 0 aromatic heterocycles. The van der Waals surface area contributed by atoms with Crippen molar-refractivity contribution in [3.05, 3.63) is 41.2 Å². The third-order valence-corrected chi connectivity index (χ3v) is 4.08. The summed E-state index contributed by atoms with van der Waals surface area (Å²) in [5, 5.41) is 0. The van der Waals surface area contributed by atoms with Gasteiger partial charge >= 0.3 is 7.82 Å². The van der Waals surface area contributed by atoms with Gasteiger partial charge in [0.05, 0.1) is 28.4 Å². The predicted octanol–water partition coefficient (Wildman–Crippen LogP) is 3.50. The quantitative estimate of drug-likeness (QED) is 0.500. The van der Waals surface area contributed by atoms with Crippen molar-refractivity contribution in [2.75, 3.05) is 28.4 Å². The maximum atomic E-state index is 14.7. The minimum absolute atomic E-state index is 0.0259. The maximum Gasteiger partial charge on any atom is 0.525 e. The molecule has 0 aliphatic heterocycles. The monoisotopic (exact) mass is 414 g/mol. The van der Waals surface area contributed by atoms with E-state index in [0.717, 1.165) is 0 Å². The molecule has 0 unspecified atom stereocenters. The van der Waals surface area contributed by atoms with Crippen molar-refractivity contribution < 1.29 is 42.2 Å². The van der Waals surface area contributed by atoms with Crippen LogP contribution in [0.1, 0.15) is 11.1 Å². The molecule has 2 rings (SSSR count). The van der Waals surface area contributed by atoms with Crippen molar-refractivity contribution in [3.63, 3.8) is 0 Å². The van der Waals surface area contributed by atoms with Gasteiger partial charge in [-0.3, -0.25) is 9.79 Å². The molecule has 0 amide bonds. The van der Waals surface area contributed by atoms with Crippen molar-refractivity contribution in [1.82, 2.24) is 0 Å². The molecule has 2 aromatic carbocycles. The van der Waals surface area contributed by atoms with E-state index in [1.165, 1.54) is 46.6 Å². The molecule has 2 N–H and O–H groups in total. The number of ether oxygens (including phenoxy) is 4. The first-order valence-electron chi connectivity index (χ1n) is 7.83. The SMILES string of the molecule is COc1cc(/C=C\c2ccc(OC)c(OP(=O)(O)O)c2F)cc(OC)c1OC. The van der Waals surface area contributed by atoms with Gasteiger partial charge in [-0.2, -0.15) is 0 Å². The fourth-order valence-corrected chi connectivity index (χ4v) is 2.84. The van der Waals surface area contributed by atoms with Gasteiger partial charge in [-0.05, 0) is 29.8 Å². The lowest BCUT2D eigenvalue weighted by molar-refractivity contribution is 0.270. The van der Waals surface area contributed by atoms with Gasteiger partial charge in [0.15, 0.2) is 23.1 Å². The first kappa shape index (κ1) is 21.6. The molecule has 0 fully saturated rings. The van der Waals surface area contributed by atoms with Gasteiger partial charge in [0.2, 0.25) is 11.5 Å². The second kappa shape index (κ2) is 8.97. The molecule has 152 valence electrons. The number of rotatable bonds is 8. The Bertz CT molecular complexity index is 897. The Morgan fingerprint density at radius 2 is 1.43 bits per heavy atom. The summed E-state index contributed by atoms with van der Waals surface area (Å²) in [5.41, 5.74) is 0.639. The molecule has 0 spiro atoms. The highest BCUT2D eigenvalue weighted by molar-refractivity contribution is 7.46. The van der Waals surface area contributed by atoms with E-state index in [9.17, 15) is 8.96 Å². The lowest BCUT2D eigenvalue weighted by atomic mass is 10.1. The van der Waals surface area contributed by atoms with Gasteiger partial charge in [-0.1, -0.05) is 12.2 Å². The van der Waals surface area contributed by atoms with E-state index in [2.05, 4.69) is 4.52 Å². The Balaban J connectivity index is 2.47. The van der Waals surface area contributed by atoms with Crippen molar-refractivity contribution >= 4 is 20.0 Å². The number of phosphoric ester groups is 1. The van der Waals surface area contributed by atoms with E-state index >= 15 is 0 Å². The maximum absolute atomic E-state index is 14.7. The molecule has 0 heterocycles. The lowest BCUT2D eigenvalue weighted by Crippen LogP contribution is -1.98. The molecule has 0 saturated carbocycles. The minimum atomic E-state index is -4.97. The molecule has 8 nitrogen and oxygen atoms in total. The number of halogens is 1. The van der Waals surface area contributed by atoms with Crippen LogP contribution in [-0.4, -0.2) is 38.2 Å². The van der Waals surface area contributed by atoms with Crippen LogP contribution in [0.15, 0.2) is 24.3 Å². The zero-order chi connectivity index (χ0) is 20.9. The smallest absolute Gasteiger partial charge is 0.493 e. The largest absolute Gasteiger partial charge is 0.525 e. The highest BCUT2D eigenvalue weighted by Crippen LogP contribution is 2.44. The van der Waals surface area contributed by atoms with Crippen LogP contribution in [0, 0.1) is 5.82 Å². The molecule has 0 aliphatic rings. The molecule has 0 aliphatic carbocycles. The summed E-state index contributed by atoms with van der Waals surface area (Å²) in [6.07, 6.45) is 2.97. The Labute approximate surface area is 161 Å². The normalized spacial score (nSPS) is 11.4. The zero-order valence-corrected chi connectivity index (χ0v) is 16.5. The van der Waals surface area contributed by atoms with Crippen LogP contribution in [0.2, 0.25) is 0 Å². The standard InChI is InChI=1S/C18H20FO8P/c1-23-13-8-7-12(16(19)18(13)27-28(20,21)22)6-5-11-9-14(24-2)17(26-4)15(10-11)25-3/h5-10H,1-4H3,(H2,20,21,22)/b6-5-. The second-order valence-electron chi connectivity index (χ2n) is 5.37. The van der Waals surface area contributed by atoms with E-state index in [1.54, 1.807) is 18.2 Å². The van der Waals surface area contributed by atoms with Crippen molar-refractivity contribution in [3.8, 4) is 28.7 Å². The molecule has 0 bridgehead atoms. The Morgan fingerprint density at radius 1 is 0.857 bits per heavy atom. The van der Waals surface area contributed by atoms with Gasteiger partial charge < -0.3 is 23.5 Å². The fraction of sp³-hybridized carbons (Fsp3) is 0.222. The van der Waals surface area contributed by atoms with Crippen LogP contribution < -0.4 is 23.5 Å². The summed E-state index contributed by atoms with van der Waals surface area (Å²) in [6, 6.07) is 6.04. The second-order valence-corrected chi connectivity index (χ2v) is 6.54. The van der Waals surface area contributed by atoms with Gasteiger partial charge in [-0.15, -0.1) is 0 Å². The Kier molecular flexibility index (Phi) is 6.90. The zero-order valence-electron chi connectivity index (χ0n) is 15.6. The van der Waals surface area contributed by atoms with Gasteiger partial charge in [0.1, 0.15) is 0 Å². The molecule has 0 atom stereocenters. The molecule has 28 heavy (non-hydrogen) atoms. The van der Waals surface area contributed by atoms with Crippen LogP contribution in [-0.2, 0) is 4.57 Å². The third-order valence-electron chi connectivity index (χ3n) is 3.66.